The van der Waals surface area contributed by atoms with Crippen molar-refractivity contribution in [2.24, 2.45) is 0 Å². The van der Waals surface area contributed by atoms with Gasteiger partial charge >= 0.3 is 0 Å². The monoisotopic (exact) mass is 539 g/mol. The molecule has 0 fully saturated rings. The van der Waals surface area contributed by atoms with Gasteiger partial charge in [-0.2, -0.15) is 4.98 Å². The van der Waals surface area contributed by atoms with Gasteiger partial charge in [0.2, 0.25) is 11.8 Å². The number of hydrogen-bond donors (Lipinski definition) is 3. The topological polar surface area (TPSA) is 121 Å². The smallest absolute Gasteiger partial charge is 0.251 e. The Hall–Kier alpha value is -4.65. The Morgan fingerprint density at radius 2 is 1.85 bits per heavy atom. The summed E-state index contributed by atoms with van der Waals surface area (Å²) >= 11 is 0. The van der Waals surface area contributed by atoms with Gasteiger partial charge in [0.15, 0.2) is 0 Å². The summed E-state index contributed by atoms with van der Waals surface area (Å²) < 4.78 is 16.5. The molecule has 1 amide bonds. The molecule has 206 valence electrons. The van der Waals surface area contributed by atoms with Gasteiger partial charge in [0.25, 0.3) is 5.91 Å². The lowest BCUT2D eigenvalue weighted by Crippen LogP contribution is -2.24. The van der Waals surface area contributed by atoms with Crippen molar-refractivity contribution in [3.8, 4) is 24.0 Å². The van der Waals surface area contributed by atoms with Crippen LogP contribution in [0.4, 0.5) is 17.3 Å². The second kappa shape index (κ2) is 14.5. The molecule has 0 spiro atoms. The lowest BCUT2D eigenvalue weighted by molar-refractivity contribution is 0.0686. The summed E-state index contributed by atoms with van der Waals surface area (Å²) in [4.78, 5) is 21.6. The molecule has 0 saturated heterocycles. The molecular formula is C31H33N5O4. The number of rotatable bonds is 14. The Kier molecular flexibility index (Phi) is 10.3. The van der Waals surface area contributed by atoms with Crippen LogP contribution in [-0.4, -0.2) is 49.4 Å². The number of carbonyl (C=O) groups is 1. The van der Waals surface area contributed by atoms with E-state index in [1.807, 2.05) is 30.3 Å². The number of amides is 1. The molecule has 4 aromatic rings. The Labute approximate surface area is 234 Å². The molecule has 4 rings (SSSR count). The van der Waals surface area contributed by atoms with E-state index in [-0.39, 0.29) is 5.91 Å². The zero-order valence-corrected chi connectivity index (χ0v) is 22.5. The lowest BCUT2D eigenvalue weighted by Gasteiger charge is -2.12. The lowest BCUT2D eigenvalue weighted by atomic mass is 10.1. The molecular weight excluding hydrogens is 506 g/mol. The minimum Gasteiger partial charge on any atom is -0.438 e. The highest BCUT2D eigenvalue weighted by Gasteiger charge is 2.11. The maximum Gasteiger partial charge on any atom is 0.251 e. The van der Waals surface area contributed by atoms with Crippen LogP contribution in [0.1, 0.15) is 35.2 Å². The Balaban J connectivity index is 1.37. The first kappa shape index (κ1) is 28.4. The Morgan fingerprint density at radius 3 is 2.67 bits per heavy atom. The number of hydrogen-bond acceptors (Lipinski definition) is 8. The van der Waals surface area contributed by atoms with Crippen LogP contribution < -0.4 is 21.1 Å². The standard InChI is InChI=1S/C31H33N5O4/c1-3-22-19-23(30(37)33-14-7-4-8-16-39-18-17-38-2)21-24(20-22)35-31-34-15-13-29(36-31)40-28-12-11-27(32)25-9-5-6-10-26(25)28/h1,5-6,9-13,15,19-21H,4,7-8,14,16-18,32H2,2H3,(H,33,37)(H,34,35,36). The minimum atomic E-state index is -0.204. The summed E-state index contributed by atoms with van der Waals surface area (Å²) in [7, 11) is 1.65. The molecule has 40 heavy (non-hydrogen) atoms. The SMILES string of the molecule is C#Cc1cc(Nc2nccc(Oc3ccc(N)c4ccccc34)n2)cc(C(=O)NCCCCCOCCOC)c1. The summed E-state index contributed by atoms with van der Waals surface area (Å²) in [6.07, 6.45) is 9.97. The fourth-order valence-electron chi connectivity index (χ4n) is 4.05. The third kappa shape index (κ3) is 7.93. The normalized spacial score (nSPS) is 10.7. The highest BCUT2D eigenvalue weighted by atomic mass is 16.5. The number of fused-ring (bicyclic) bond motifs is 1. The number of unbranched alkanes of at least 4 members (excludes halogenated alkanes) is 2. The summed E-state index contributed by atoms with van der Waals surface area (Å²) in [6.45, 7) is 2.43. The summed E-state index contributed by atoms with van der Waals surface area (Å²) in [5, 5.41) is 7.86. The number of methoxy groups -OCH3 is 1. The molecule has 0 bridgehead atoms. The molecule has 1 heterocycles. The van der Waals surface area contributed by atoms with Crippen molar-refractivity contribution in [3.63, 3.8) is 0 Å². The summed E-state index contributed by atoms with van der Waals surface area (Å²) in [5.41, 5.74) is 8.37. The van der Waals surface area contributed by atoms with Gasteiger partial charge in [0.05, 0.1) is 13.2 Å². The van der Waals surface area contributed by atoms with Crippen LogP contribution in [-0.2, 0) is 9.47 Å². The largest absolute Gasteiger partial charge is 0.438 e. The number of benzene rings is 3. The molecule has 3 aromatic carbocycles. The van der Waals surface area contributed by atoms with E-state index in [0.717, 1.165) is 30.0 Å². The van der Waals surface area contributed by atoms with E-state index in [1.165, 1.54) is 0 Å². The van der Waals surface area contributed by atoms with Crippen LogP contribution >= 0.6 is 0 Å². The van der Waals surface area contributed by atoms with Crippen LogP contribution in [0.3, 0.4) is 0 Å². The number of anilines is 3. The van der Waals surface area contributed by atoms with Crippen molar-refractivity contribution in [2.75, 3.05) is 44.5 Å². The average Bonchev–Trinajstić information content (AvgIpc) is 2.98. The van der Waals surface area contributed by atoms with E-state index in [0.29, 0.717) is 66.4 Å². The molecule has 1 aromatic heterocycles. The second-order valence-electron chi connectivity index (χ2n) is 9.01. The molecule has 9 nitrogen and oxygen atoms in total. The number of nitrogens with one attached hydrogen (secondary N) is 2. The first-order valence-electron chi connectivity index (χ1n) is 13.1. The molecule has 0 aliphatic carbocycles. The van der Waals surface area contributed by atoms with Gasteiger partial charge in [-0.25, -0.2) is 4.98 Å². The van der Waals surface area contributed by atoms with E-state index in [9.17, 15) is 4.79 Å². The number of nitrogens with two attached hydrogens (primary N) is 1. The molecule has 0 unspecified atom stereocenters. The predicted molar refractivity (Wildman–Crippen MR) is 157 cm³/mol. The number of carbonyl (C=O) groups excluding carboxylic acids is 1. The van der Waals surface area contributed by atoms with E-state index >= 15 is 0 Å². The molecule has 4 N–H and O–H groups in total. The second-order valence-corrected chi connectivity index (χ2v) is 9.01. The van der Waals surface area contributed by atoms with Crippen molar-refractivity contribution in [1.82, 2.24) is 15.3 Å². The van der Waals surface area contributed by atoms with Crippen molar-refractivity contribution in [3.05, 3.63) is 78.0 Å². The fraction of sp³-hybridized carbons (Fsp3) is 0.258. The summed E-state index contributed by atoms with van der Waals surface area (Å²) in [5.74, 6) is 3.67. The highest BCUT2D eigenvalue weighted by molar-refractivity contribution is 5.97. The molecule has 0 saturated carbocycles. The first-order chi connectivity index (χ1) is 19.6. The van der Waals surface area contributed by atoms with Crippen LogP contribution in [0.5, 0.6) is 11.6 Å². The zero-order valence-electron chi connectivity index (χ0n) is 22.5. The maximum atomic E-state index is 12.8. The van der Waals surface area contributed by atoms with Gasteiger partial charge in [-0.1, -0.05) is 30.2 Å². The van der Waals surface area contributed by atoms with Crippen molar-refractivity contribution < 1.29 is 19.0 Å². The Bertz CT molecular complexity index is 1480. The van der Waals surface area contributed by atoms with Crippen LogP contribution in [0.15, 0.2) is 66.9 Å². The van der Waals surface area contributed by atoms with Crippen molar-refractivity contribution >= 4 is 34.0 Å². The van der Waals surface area contributed by atoms with Crippen molar-refractivity contribution in [2.45, 2.75) is 19.3 Å². The highest BCUT2D eigenvalue weighted by Crippen LogP contribution is 2.32. The average molecular weight is 540 g/mol. The molecule has 0 aliphatic rings. The number of nitrogens with zero attached hydrogens (tertiary/aromatic N) is 2. The number of aromatic nitrogens is 2. The third-order valence-electron chi connectivity index (χ3n) is 6.06. The number of nitrogen functional groups attached to an aromatic ring is 1. The van der Waals surface area contributed by atoms with Crippen LogP contribution in [0.2, 0.25) is 0 Å². The number of ether oxygens (including phenoxy) is 3. The molecule has 0 aliphatic heterocycles. The van der Waals surface area contributed by atoms with Gasteiger partial charge in [-0.3, -0.25) is 4.79 Å². The van der Waals surface area contributed by atoms with Crippen LogP contribution in [0, 0.1) is 12.3 Å². The van der Waals surface area contributed by atoms with Crippen molar-refractivity contribution in [1.29, 1.82) is 0 Å². The summed E-state index contributed by atoms with van der Waals surface area (Å²) in [6, 6.07) is 18.2. The van der Waals surface area contributed by atoms with Gasteiger partial charge in [-0.15, -0.1) is 6.42 Å². The molecule has 0 radical (unpaired) electrons. The van der Waals surface area contributed by atoms with Gasteiger partial charge in [0, 0.05) is 65.8 Å². The van der Waals surface area contributed by atoms with Crippen LogP contribution in [0.25, 0.3) is 10.8 Å². The Morgan fingerprint density at radius 1 is 1.00 bits per heavy atom. The van der Waals surface area contributed by atoms with Gasteiger partial charge in [-0.05, 0) is 49.6 Å². The van der Waals surface area contributed by atoms with Gasteiger partial charge in [0.1, 0.15) is 5.75 Å². The zero-order chi connectivity index (χ0) is 28.2. The minimum absolute atomic E-state index is 0.204. The fourth-order valence-corrected chi connectivity index (χ4v) is 4.05. The van der Waals surface area contributed by atoms with E-state index in [2.05, 4.69) is 26.5 Å². The third-order valence-corrected chi connectivity index (χ3v) is 6.06. The first-order valence-corrected chi connectivity index (χ1v) is 13.1. The van der Waals surface area contributed by atoms with E-state index in [4.69, 9.17) is 26.4 Å². The predicted octanol–water partition coefficient (Wildman–Crippen LogP) is 5.29. The van der Waals surface area contributed by atoms with E-state index < -0.39 is 0 Å². The molecule has 9 heteroatoms. The molecule has 0 atom stereocenters. The van der Waals surface area contributed by atoms with E-state index in [1.54, 1.807) is 43.6 Å². The van der Waals surface area contributed by atoms with Gasteiger partial charge < -0.3 is 30.6 Å². The quantitative estimate of drug-likeness (QED) is 0.112. The number of terminal acetylenes is 1. The maximum absolute atomic E-state index is 12.8.